The summed E-state index contributed by atoms with van der Waals surface area (Å²) in [7, 11) is -3.79. The summed E-state index contributed by atoms with van der Waals surface area (Å²) in [5, 5.41) is 9.41. The smallest absolute Gasteiger partial charge is 0.308 e. The van der Waals surface area contributed by atoms with E-state index in [0.29, 0.717) is 5.76 Å². The van der Waals surface area contributed by atoms with Gasteiger partial charge in [0.1, 0.15) is 5.76 Å². The summed E-state index contributed by atoms with van der Waals surface area (Å²) in [6.07, 6.45) is 1.68. The molecule has 0 unspecified atom stereocenters. The summed E-state index contributed by atoms with van der Waals surface area (Å²) >= 11 is 0. The highest BCUT2D eigenvalue weighted by Gasteiger charge is 2.47. The van der Waals surface area contributed by atoms with Crippen molar-refractivity contribution in [1.82, 2.24) is 4.31 Å². The first kappa shape index (κ1) is 15.8. The van der Waals surface area contributed by atoms with Crippen molar-refractivity contribution in [3.05, 3.63) is 54.0 Å². The molecule has 0 amide bonds. The number of aliphatic carboxylic acids is 1. The van der Waals surface area contributed by atoms with Gasteiger partial charge in [-0.05, 0) is 37.6 Å². The molecule has 1 aromatic carbocycles. The predicted molar refractivity (Wildman–Crippen MR) is 82.3 cm³/mol. The maximum atomic E-state index is 12.9. The van der Waals surface area contributed by atoms with Crippen molar-refractivity contribution < 1.29 is 22.7 Å². The third-order valence-corrected chi connectivity index (χ3v) is 6.03. The van der Waals surface area contributed by atoms with Crippen LogP contribution in [0.4, 0.5) is 0 Å². The number of carboxylic acids is 1. The number of nitrogens with zero attached hydrogens (tertiary/aromatic N) is 1. The molecule has 2 atom stereocenters. The molecule has 0 aliphatic carbocycles. The quantitative estimate of drug-likeness (QED) is 0.927. The van der Waals surface area contributed by atoms with Gasteiger partial charge >= 0.3 is 5.97 Å². The highest BCUT2D eigenvalue weighted by Crippen LogP contribution is 2.41. The Morgan fingerprint density at radius 2 is 1.96 bits per heavy atom. The van der Waals surface area contributed by atoms with Crippen LogP contribution in [0.15, 0.2) is 52.0 Å². The van der Waals surface area contributed by atoms with Crippen LogP contribution in [0.2, 0.25) is 0 Å². The Morgan fingerprint density at radius 3 is 2.52 bits per heavy atom. The molecular formula is C16H17NO5S. The van der Waals surface area contributed by atoms with Crippen molar-refractivity contribution in [3.8, 4) is 0 Å². The standard InChI is InChI=1S/C16H17NO5S/c1-11-4-6-12(7-5-11)23(20,21)17-9-8-13(16(18)19)15(17)14-3-2-10-22-14/h2-7,10,13,15H,8-9H2,1H3,(H,18,19)/t13-,15+/m1/s1. The highest BCUT2D eigenvalue weighted by atomic mass is 32.2. The van der Waals surface area contributed by atoms with Gasteiger partial charge in [-0.15, -0.1) is 0 Å². The maximum absolute atomic E-state index is 12.9. The monoisotopic (exact) mass is 335 g/mol. The van der Waals surface area contributed by atoms with Gasteiger partial charge < -0.3 is 9.52 Å². The van der Waals surface area contributed by atoms with Gasteiger partial charge in [0.05, 0.1) is 23.1 Å². The van der Waals surface area contributed by atoms with E-state index in [4.69, 9.17) is 4.42 Å². The van der Waals surface area contributed by atoms with Gasteiger partial charge in [-0.1, -0.05) is 17.7 Å². The first-order valence-electron chi connectivity index (χ1n) is 7.26. The second kappa shape index (κ2) is 5.82. The minimum Gasteiger partial charge on any atom is -0.481 e. The molecule has 1 N–H and O–H groups in total. The molecule has 1 aliphatic heterocycles. The van der Waals surface area contributed by atoms with E-state index in [1.54, 1.807) is 24.3 Å². The number of aryl methyl sites for hydroxylation is 1. The molecule has 1 aromatic heterocycles. The molecule has 7 heteroatoms. The van der Waals surface area contributed by atoms with Gasteiger partial charge in [-0.2, -0.15) is 4.31 Å². The third kappa shape index (κ3) is 2.77. The maximum Gasteiger partial charge on any atom is 0.308 e. The first-order valence-corrected chi connectivity index (χ1v) is 8.70. The van der Waals surface area contributed by atoms with Crippen LogP contribution in [0, 0.1) is 12.8 Å². The number of benzene rings is 1. The third-order valence-electron chi connectivity index (χ3n) is 4.13. The summed E-state index contributed by atoms with van der Waals surface area (Å²) in [5.74, 6) is -1.49. The van der Waals surface area contributed by atoms with Crippen LogP contribution in [0.25, 0.3) is 0 Å². The zero-order valence-corrected chi connectivity index (χ0v) is 13.4. The SMILES string of the molecule is Cc1ccc(S(=O)(=O)N2CC[C@@H](C(=O)O)[C@H]2c2ccco2)cc1. The fourth-order valence-corrected chi connectivity index (χ4v) is 4.58. The number of sulfonamides is 1. The normalized spacial score (nSPS) is 22.3. The Morgan fingerprint density at radius 1 is 1.26 bits per heavy atom. The van der Waals surface area contributed by atoms with Crippen molar-refractivity contribution in [2.24, 2.45) is 5.92 Å². The molecule has 6 nitrogen and oxygen atoms in total. The average Bonchev–Trinajstić information content (AvgIpc) is 3.16. The Bertz CT molecular complexity index is 796. The molecule has 0 radical (unpaired) electrons. The summed E-state index contributed by atoms with van der Waals surface area (Å²) in [6, 6.07) is 8.94. The lowest BCUT2D eigenvalue weighted by Crippen LogP contribution is -2.33. The topological polar surface area (TPSA) is 87.8 Å². The van der Waals surface area contributed by atoms with E-state index in [1.165, 1.54) is 22.7 Å². The van der Waals surface area contributed by atoms with E-state index >= 15 is 0 Å². The van der Waals surface area contributed by atoms with Crippen molar-refractivity contribution in [2.45, 2.75) is 24.3 Å². The predicted octanol–water partition coefficient (Wildman–Crippen LogP) is 2.42. The van der Waals surface area contributed by atoms with E-state index < -0.39 is 28.0 Å². The zero-order valence-electron chi connectivity index (χ0n) is 12.5. The Kier molecular flexibility index (Phi) is 3.99. The Labute approximate surface area is 134 Å². The van der Waals surface area contributed by atoms with Crippen LogP contribution in [-0.4, -0.2) is 30.3 Å². The van der Waals surface area contributed by atoms with Crippen molar-refractivity contribution >= 4 is 16.0 Å². The van der Waals surface area contributed by atoms with Crippen LogP contribution >= 0.6 is 0 Å². The molecular weight excluding hydrogens is 318 g/mol. The van der Waals surface area contributed by atoms with E-state index in [-0.39, 0.29) is 17.9 Å². The largest absolute Gasteiger partial charge is 0.481 e. The zero-order chi connectivity index (χ0) is 16.6. The number of carbonyl (C=O) groups is 1. The molecule has 3 rings (SSSR count). The average molecular weight is 335 g/mol. The lowest BCUT2D eigenvalue weighted by atomic mass is 9.99. The van der Waals surface area contributed by atoms with E-state index in [9.17, 15) is 18.3 Å². The van der Waals surface area contributed by atoms with Gasteiger partial charge in [0, 0.05) is 6.54 Å². The van der Waals surface area contributed by atoms with Crippen molar-refractivity contribution in [3.63, 3.8) is 0 Å². The van der Waals surface area contributed by atoms with E-state index in [0.717, 1.165) is 5.56 Å². The van der Waals surface area contributed by atoms with Crippen molar-refractivity contribution in [2.75, 3.05) is 6.54 Å². The second-order valence-electron chi connectivity index (χ2n) is 5.62. The van der Waals surface area contributed by atoms with Gasteiger partial charge in [-0.25, -0.2) is 8.42 Å². The molecule has 2 aromatic rings. The summed E-state index contributed by atoms with van der Waals surface area (Å²) in [5.41, 5.74) is 0.955. The van der Waals surface area contributed by atoms with Crippen molar-refractivity contribution in [1.29, 1.82) is 0 Å². The van der Waals surface area contributed by atoms with Gasteiger partial charge in [0.25, 0.3) is 0 Å². The lowest BCUT2D eigenvalue weighted by molar-refractivity contribution is -0.142. The highest BCUT2D eigenvalue weighted by molar-refractivity contribution is 7.89. The van der Waals surface area contributed by atoms with Crippen LogP contribution in [-0.2, 0) is 14.8 Å². The fourth-order valence-electron chi connectivity index (χ4n) is 2.94. The first-order chi connectivity index (χ1) is 10.9. The summed E-state index contributed by atoms with van der Waals surface area (Å²) < 4.78 is 32.4. The number of rotatable bonds is 4. The molecule has 0 bridgehead atoms. The van der Waals surface area contributed by atoms with Gasteiger partial charge in [-0.3, -0.25) is 4.79 Å². The molecule has 0 saturated carbocycles. The second-order valence-corrected chi connectivity index (χ2v) is 7.51. The molecule has 1 saturated heterocycles. The number of hydrogen-bond acceptors (Lipinski definition) is 4. The fraction of sp³-hybridized carbons (Fsp3) is 0.312. The minimum atomic E-state index is -3.79. The summed E-state index contributed by atoms with van der Waals surface area (Å²) in [6.45, 7) is 2.02. The molecule has 1 aliphatic rings. The van der Waals surface area contributed by atoms with Crippen LogP contribution in [0.5, 0.6) is 0 Å². The number of hydrogen-bond donors (Lipinski definition) is 1. The Balaban J connectivity index is 2.03. The molecule has 2 heterocycles. The van der Waals surface area contributed by atoms with Crippen LogP contribution in [0.3, 0.4) is 0 Å². The molecule has 122 valence electrons. The molecule has 1 fully saturated rings. The number of carboxylic acid groups (broad SMARTS) is 1. The molecule has 0 spiro atoms. The van der Waals surface area contributed by atoms with Crippen LogP contribution < -0.4 is 0 Å². The van der Waals surface area contributed by atoms with Gasteiger partial charge in [0.15, 0.2) is 0 Å². The Hall–Kier alpha value is -2.12. The molecule has 23 heavy (non-hydrogen) atoms. The summed E-state index contributed by atoms with van der Waals surface area (Å²) in [4.78, 5) is 11.7. The van der Waals surface area contributed by atoms with Gasteiger partial charge in [0.2, 0.25) is 10.0 Å². The number of furan rings is 1. The van der Waals surface area contributed by atoms with E-state index in [2.05, 4.69) is 0 Å². The van der Waals surface area contributed by atoms with Crippen LogP contribution in [0.1, 0.15) is 23.8 Å². The minimum absolute atomic E-state index is 0.151. The lowest BCUT2D eigenvalue weighted by Gasteiger charge is -2.24. The van der Waals surface area contributed by atoms with E-state index in [1.807, 2.05) is 6.92 Å².